The highest BCUT2D eigenvalue weighted by Crippen LogP contribution is 2.25. The molecule has 0 radical (unpaired) electrons. The molecule has 2 aromatic heterocycles. The molecule has 18 heavy (non-hydrogen) atoms. The number of halogens is 1. The van der Waals surface area contributed by atoms with Crippen molar-refractivity contribution in [3.63, 3.8) is 0 Å². The van der Waals surface area contributed by atoms with E-state index in [1.165, 1.54) is 0 Å². The van der Waals surface area contributed by atoms with Crippen molar-refractivity contribution in [3.8, 4) is 22.8 Å². The fourth-order valence-electron chi connectivity index (χ4n) is 1.59. The highest BCUT2D eigenvalue weighted by atomic mass is 127. The maximum absolute atomic E-state index is 5.30. The second kappa shape index (κ2) is 4.85. The van der Waals surface area contributed by atoms with Gasteiger partial charge in [-0.3, -0.25) is 4.98 Å². The highest BCUT2D eigenvalue weighted by molar-refractivity contribution is 14.1. The van der Waals surface area contributed by atoms with Gasteiger partial charge in [-0.15, -0.1) is 0 Å². The lowest BCUT2D eigenvalue weighted by atomic mass is 10.2. The zero-order chi connectivity index (χ0) is 12.4. The molecule has 0 N–H and O–H groups in total. The first-order chi connectivity index (χ1) is 8.84. The number of hydrogen-bond donors (Lipinski definition) is 0. The quantitative estimate of drug-likeness (QED) is 0.666. The van der Waals surface area contributed by atoms with Gasteiger partial charge in [0, 0.05) is 21.5 Å². The molecule has 0 fully saturated rings. The summed E-state index contributed by atoms with van der Waals surface area (Å²) in [5, 5.41) is 3.99. The molecule has 4 nitrogen and oxygen atoms in total. The normalized spacial score (nSPS) is 10.5. The lowest BCUT2D eigenvalue weighted by Gasteiger charge is -1.96. The molecule has 0 unspecified atom stereocenters. The molecule has 0 atom stereocenters. The molecule has 0 aliphatic heterocycles. The molecule has 3 rings (SSSR count). The maximum atomic E-state index is 5.30. The van der Waals surface area contributed by atoms with Crippen LogP contribution in [0.1, 0.15) is 0 Å². The molecule has 0 aliphatic rings. The Labute approximate surface area is 117 Å². The summed E-state index contributed by atoms with van der Waals surface area (Å²) in [6.07, 6.45) is 3.41. The Bertz CT molecular complexity index is 667. The van der Waals surface area contributed by atoms with Gasteiger partial charge in [-0.1, -0.05) is 17.3 Å². The van der Waals surface area contributed by atoms with Crippen LogP contribution >= 0.6 is 22.6 Å². The number of nitrogens with zero attached hydrogens (tertiary/aromatic N) is 3. The van der Waals surface area contributed by atoms with E-state index < -0.39 is 0 Å². The molecule has 0 bridgehead atoms. The van der Waals surface area contributed by atoms with Crippen molar-refractivity contribution in [1.82, 2.24) is 15.1 Å². The van der Waals surface area contributed by atoms with Gasteiger partial charge in [-0.25, -0.2) is 0 Å². The number of pyridine rings is 1. The standard InChI is InChI=1S/C13H8IN3O/c14-11-4-2-1-3-10(11)13-16-12(17-18-13)9-5-7-15-8-6-9/h1-8H. The summed E-state index contributed by atoms with van der Waals surface area (Å²) in [4.78, 5) is 8.36. The zero-order valence-electron chi connectivity index (χ0n) is 9.25. The first-order valence-corrected chi connectivity index (χ1v) is 6.41. The van der Waals surface area contributed by atoms with Gasteiger partial charge in [0.05, 0.1) is 5.56 Å². The molecule has 0 saturated carbocycles. The van der Waals surface area contributed by atoms with Crippen molar-refractivity contribution in [2.75, 3.05) is 0 Å². The number of hydrogen-bond acceptors (Lipinski definition) is 4. The van der Waals surface area contributed by atoms with Crippen LogP contribution in [0.2, 0.25) is 0 Å². The summed E-state index contributed by atoms with van der Waals surface area (Å²) in [5.74, 6) is 1.11. The van der Waals surface area contributed by atoms with E-state index in [2.05, 4.69) is 37.7 Å². The molecular formula is C13H8IN3O. The molecule has 3 aromatic rings. The average molecular weight is 349 g/mol. The molecule has 0 amide bonds. The minimum atomic E-state index is 0.534. The molecular weight excluding hydrogens is 341 g/mol. The van der Waals surface area contributed by atoms with Gasteiger partial charge in [0.25, 0.3) is 5.89 Å². The van der Waals surface area contributed by atoms with E-state index in [1.54, 1.807) is 12.4 Å². The Morgan fingerprint density at radius 2 is 1.78 bits per heavy atom. The third-order valence-corrected chi connectivity index (χ3v) is 3.41. The summed E-state index contributed by atoms with van der Waals surface area (Å²) in [5.41, 5.74) is 1.84. The SMILES string of the molecule is Ic1ccccc1-c1nc(-c2ccncc2)no1. The van der Waals surface area contributed by atoms with E-state index in [4.69, 9.17) is 4.52 Å². The van der Waals surface area contributed by atoms with Gasteiger partial charge in [-0.2, -0.15) is 4.98 Å². The van der Waals surface area contributed by atoms with Gasteiger partial charge >= 0.3 is 0 Å². The number of rotatable bonds is 2. The first kappa shape index (κ1) is 11.3. The second-order valence-corrected chi connectivity index (χ2v) is 4.80. The van der Waals surface area contributed by atoms with Crippen molar-refractivity contribution >= 4 is 22.6 Å². The van der Waals surface area contributed by atoms with Gasteiger partial charge in [0.1, 0.15) is 0 Å². The van der Waals surface area contributed by atoms with Crippen LogP contribution in [0.4, 0.5) is 0 Å². The van der Waals surface area contributed by atoms with Crippen LogP contribution in [0.25, 0.3) is 22.8 Å². The monoisotopic (exact) mass is 349 g/mol. The summed E-state index contributed by atoms with van der Waals surface area (Å²) in [7, 11) is 0. The molecule has 0 spiro atoms. The van der Waals surface area contributed by atoms with E-state index in [0.717, 1.165) is 14.7 Å². The van der Waals surface area contributed by atoms with Crippen molar-refractivity contribution in [2.24, 2.45) is 0 Å². The third kappa shape index (κ3) is 2.13. The Balaban J connectivity index is 2.03. The zero-order valence-corrected chi connectivity index (χ0v) is 11.4. The summed E-state index contributed by atoms with van der Waals surface area (Å²) < 4.78 is 6.38. The van der Waals surface area contributed by atoms with Crippen LogP contribution in [0.3, 0.4) is 0 Å². The fourth-order valence-corrected chi connectivity index (χ4v) is 2.20. The fraction of sp³-hybridized carbons (Fsp3) is 0. The minimum absolute atomic E-state index is 0.534. The van der Waals surface area contributed by atoms with E-state index in [9.17, 15) is 0 Å². The number of aromatic nitrogens is 3. The molecule has 0 aliphatic carbocycles. The van der Waals surface area contributed by atoms with Gasteiger partial charge in [0.15, 0.2) is 0 Å². The lowest BCUT2D eigenvalue weighted by Crippen LogP contribution is -1.83. The third-order valence-electron chi connectivity index (χ3n) is 2.47. The van der Waals surface area contributed by atoms with Gasteiger partial charge < -0.3 is 4.52 Å². The van der Waals surface area contributed by atoms with Crippen molar-refractivity contribution in [2.45, 2.75) is 0 Å². The van der Waals surface area contributed by atoms with E-state index >= 15 is 0 Å². The average Bonchev–Trinajstić information content (AvgIpc) is 2.90. The summed E-state index contributed by atoms with van der Waals surface area (Å²) in [6.45, 7) is 0. The van der Waals surface area contributed by atoms with E-state index in [-0.39, 0.29) is 0 Å². The molecule has 2 heterocycles. The van der Waals surface area contributed by atoms with Crippen molar-refractivity contribution < 1.29 is 4.52 Å². The van der Waals surface area contributed by atoms with E-state index in [0.29, 0.717) is 11.7 Å². The minimum Gasteiger partial charge on any atom is -0.334 e. The van der Waals surface area contributed by atoms with Crippen LogP contribution in [0.5, 0.6) is 0 Å². The Kier molecular flexibility index (Phi) is 3.06. The highest BCUT2D eigenvalue weighted by Gasteiger charge is 2.12. The Morgan fingerprint density at radius 3 is 2.56 bits per heavy atom. The summed E-state index contributed by atoms with van der Waals surface area (Å²) in [6, 6.07) is 11.6. The van der Waals surface area contributed by atoms with Gasteiger partial charge in [-0.05, 0) is 46.9 Å². The largest absolute Gasteiger partial charge is 0.334 e. The second-order valence-electron chi connectivity index (χ2n) is 3.64. The van der Waals surface area contributed by atoms with Crippen LogP contribution < -0.4 is 0 Å². The van der Waals surface area contributed by atoms with Crippen LogP contribution in [-0.2, 0) is 0 Å². The molecule has 88 valence electrons. The van der Waals surface area contributed by atoms with Gasteiger partial charge in [0.2, 0.25) is 5.82 Å². The molecule has 0 saturated heterocycles. The van der Waals surface area contributed by atoms with E-state index in [1.807, 2.05) is 36.4 Å². The summed E-state index contributed by atoms with van der Waals surface area (Å²) >= 11 is 2.25. The van der Waals surface area contributed by atoms with Crippen LogP contribution in [0, 0.1) is 3.57 Å². The topological polar surface area (TPSA) is 51.8 Å². The molecule has 5 heteroatoms. The Hall–Kier alpha value is -1.76. The lowest BCUT2D eigenvalue weighted by molar-refractivity contribution is 0.432. The van der Waals surface area contributed by atoms with Crippen molar-refractivity contribution in [1.29, 1.82) is 0 Å². The molecule has 1 aromatic carbocycles. The van der Waals surface area contributed by atoms with Crippen LogP contribution in [0.15, 0.2) is 53.3 Å². The predicted octanol–water partition coefficient (Wildman–Crippen LogP) is 3.40. The first-order valence-electron chi connectivity index (χ1n) is 5.33. The van der Waals surface area contributed by atoms with Crippen LogP contribution in [-0.4, -0.2) is 15.1 Å². The number of benzene rings is 1. The predicted molar refractivity (Wildman–Crippen MR) is 75.7 cm³/mol. The van der Waals surface area contributed by atoms with Crippen molar-refractivity contribution in [3.05, 3.63) is 52.4 Å². The smallest absolute Gasteiger partial charge is 0.259 e. The maximum Gasteiger partial charge on any atom is 0.259 e. The Morgan fingerprint density at radius 1 is 1.00 bits per heavy atom.